The zero-order chi connectivity index (χ0) is 14.8. The molecule has 1 aliphatic rings. The van der Waals surface area contributed by atoms with E-state index < -0.39 is 0 Å². The number of nitrogens with zero attached hydrogens (tertiary/aromatic N) is 2. The van der Waals surface area contributed by atoms with Crippen LogP contribution in [0, 0.1) is 6.92 Å². The van der Waals surface area contributed by atoms with Gasteiger partial charge in [-0.05, 0) is 18.9 Å². The van der Waals surface area contributed by atoms with E-state index in [1.54, 1.807) is 16.2 Å². The van der Waals surface area contributed by atoms with Gasteiger partial charge in [-0.25, -0.2) is 9.78 Å². The molecule has 0 bridgehead atoms. The third-order valence-electron chi connectivity index (χ3n) is 3.74. The number of amides is 2. The Morgan fingerprint density at radius 3 is 2.86 bits per heavy atom. The summed E-state index contributed by atoms with van der Waals surface area (Å²) in [4.78, 5) is 18.2. The van der Waals surface area contributed by atoms with Crippen molar-refractivity contribution >= 4 is 17.4 Å². The minimum Gasteiger partial charge on any atom is -0.335 e. The largest absolute Gasteiger partial charge is 0.335 e. The second-order valence-electron chi connectivity index (χ2n) is 5.52. The minimum absolute atomic E-state index is 0.0240. The van der Waals surface area contributed by atoms with Crippen molar-refractivity contribution in [3.8, 4) is 0 Å². The fraction of sp³-hybridized carbons (Fsp3) is 0.375. The van der Waals surface area contributed by atoms with E-state index in [0.717, 1.165) is 17.1 Å². The van der Waals surface area contributed by atoms with Gasteiger partial charge in [-0.2, -0.15) is 0 Å². The molecule has 1 N–H and O–H groups in total. The molecule has 3 rings (SSSR count). The number of hydrogen-bond donors (Lipinski definition) is 1. The van der Waals surface area contributed by atoms with Crippen LogP contribution in [-0.2, 0) is 6.54 Å². The molecule has 1 fully saturated rings. The van der Waals surface area contributed by atoms with Crippen molar-refractivity contribution in [1.29, 1.82) is 0 Å². The van der Waals surface area contributed by atoms with Gasteiger partial charge in [0.25, 0.3) is 0 Å². The summed E-state index contributed by atoms with van der Waals surface area (Å²) in [5.41, 5.74) is 2.26. The third-order valence-corrected chi connectivity index (χ3v) is 4.56. The number of rotatable bonds is 4. The van der Waals surface area contributed by atoms with E-state index in [9.17, 15) is 4.79 Å². The molecule has 1 heterocycles. The van der Waals surface area contributed by atoms with Gasteiger partial charge in [0.2, 0.25) is 0 Å². The molecule has 4 nitrogen and oxygen atoms in total. The highest BCUT2D eigenvalue weighted by Gasteiger charge is 2.39. The lowest BCUT2D eigenvalue weighted by molar-refractivity contribution is 0.205. The summed E-state index contributed by atoms with van der Waals surface area (Å²) in [6, 6.07) is 10.6. The lowest BCUT2D eigenvalue weighted by atomic mass is 10.1. The summed E-state index contributed by atoms with van der Waals surface area (Å²) in [5, 5.41) is 6.13. The quantitative estimate of drug-likeness (QED) is 0.943. The van der Waals surface area contributed by atoms with E-state index in [2.05, 4.69) is 22.4 Å². The molecule has 2 atom stereocenters. The Bertz CT molecular complexity index is 625. The maximum atomic E-state index is 12.2. The zero-order valence-corrected chi connectivity index (χ0v) is 13.1. The first-order valence-corrected chi connectivity index (χ1v) is 7.99. The van der Waals surface area contributed by atoms with Crippen LogP contribution < -0.4 is 5.32 Å². The molecule has 1 saturated carbocycles. The van der Waals surface area contributed by atoms with Gasteiger partial charge < -0.3 is 10.2 Å². The number of aryl methyl sites for hydroxylation is 1. The Balaban J connectivity index is 1.51. The molecule has 2 aromatic rings. The molecule has 2 amide bonds. The fourth-order valence-corrected chi connectivity index (χ4v) is 3.09. The number of thiazole rings is 1. The van der Waals surface area contributed by atoms with Crippen molar-refractivity contribution < 1.29 is 4.79 Å². The Morgan fingerprint density at radius 2 is 2.19 bits per heavy atom. The predicted molar refractivity (Wildman–Crippen MR) is 84.4 cm³/mol. The van der Waals surface area contributed by atoms with Crippen LogP contribution in [0.4, 0.5) is 4.79 Å². The molecule has 21 heavy (non-hydrogen) atoms. The average molecular weight is 301 g/mol. The third kappa shape index (κ3) is 3.42. The van der Waals surface area contributed by atoms with Crippen LogP contribution in [0.1, 0.15) is 28.6 Å². The summed E-state index contributed by atoms with van der Waals surface area (Å²) in [5.74, 6) is 0.463. The highest BCUT2D eigenvalue weighted by molar-refractivity contribution is 7.09. The van der Waals surface area contributed by atoms with Gasteiger partial charge in [0, 0.05) is 24.4 Å². The number of benzene rings is 1. The molecular formula is C16H19N3OS. The molecule has 1 aromatic heterocycles. The molecule has 0 radical (unpaired) electrons. The van der Waals surface area contributed by atoms with E-state index >= 15 is 0 Å². The van der Waals surface area contributed by atoms with Gasteiger partial charge in [-0.15, -0.1) is 11.3 Å². The Morgan fingerprint density at radius 1 is 1.43 bits per heavy atom. The predicted octanol–water partition coefficient (Wildman–Crippen LogP) is 3.15. The average Bonchev–Trinajstić information content (AvgIpc) is 3.13. The van der Waals surface area contributed by atoms with E-state index in [4.69, 9.17) is 0 Å². The summed E-state index contributed by atoms with van der Waals surface area (Å²) in [7, 11) is 1.81. The molecule has 0 aliphatic heterocycles. The van der Waals surface area contributed by atoms with Crippen LogP contribution in [-0.4, -0.2) is 29.0 Å². The van der Waals surface area contributed by atoms with Crippen molar-refractivity contribution in [1.82, 2.24) is 15.2 Å². The lowest BCUT2D eigenvalue weighted by Gasteiger charge is -2.17. The first-order valence-electron chi connectivity index (χ1n) is 7.11. The molecule has 1 aromatic carbocycles. The van der Waals surface area contributed by atoms with Crippen LogP contribution >= 0.6 is 11.3 Å². The van der Waals surface area contributed by atoms with Crippen molar-refractivity contribution in [2.24, 2.45) is 0 Å². The van der Waals surface area contributed by atoms with Crippen molar-refractivity contribution in [2.75, 3.05) is 7.05 Å². The monoisotopic (exact) mass is 301 g/mol. The number of carbonyl (C=O) groups is 1. The standard InChI is InChI=1S/C16H19N3OS/c1-11-17-13(10-21-11)9-19(2)16(20)18-15-8-14(15)12-6-4-3-5-7-12/h3-7,10,14-15H,8-9H2,1-2H3,(H,18,20)/t14-,15+/m1/s1. The van der Waals surface area contributed by atoms with Crippen LogP contribution in [0.25, 0.3) is 0 Å². The Hall–Kier alpha value is -1.88. The minimum atomic E-state index is -0.0240. The number of aromatic nitrogens is 1. The fourth-order valence-electron chi connectivity index (χ4n) is 2.49. The van der Waals surface area contributed by atoms with Crippen molar-refractivity contribution in [3.63, 3.8) is 0 Å². The van der Waals surface area contributed by atoms with Crippen molar-refractivity contribution in [2.45, 2.75) is 31.8 Å². The molecule has 0 spiro atoms. The van der Waals surface area contributed by atoms with Crippen molar-refractivity contribution in [3.05, 3.63) is 52.0 Å². The maximum Gasteiger partial charge on any atom is 0.317 e. The lowest BCUT2D eigenvalue weighted by Crippen LogP contribution is -2.38. The second-order valence-corrected chi connectivity index (χ2v) is 6.59. The van der Waals surface area contributed by atoms with Crippen LogP contribution in [0.5, 0.6) is 0 Å². The normalized spacial score (nSPS) is 20.1. The van der Waals surface area contributed by atoms with Gasteiger partial charge >= 0.3 is 6.03 Å². The van der Waals surface area contributed by atoms with Gasteiger partial charge in [0.1, 0.15) is 0 Å². The summed E-state index contributed by atoms with van der Waals surface area (Å²) in [6.45, 7) is 2.53. The van der Waals surface area contributed by atoms with Gasteiger partial charge in [0.15, 0.2) is 0 Å². The first-order chi connectivity index (χ1) is 10.1. The maximum absolute atomic E-state index is 12.2. The van der Waals surface area contributed by atoms with Crippen LogP contribution in [0.15, 0.2) is 35.7 Å². The number of nitrogens with one attached hydrogen (secondary N) is 1. The highest BCUT2D eigenvalue weighted by atomic mass is 32.1. The smallest absolute Gasteiger partial charge is 0.317 e. The van der Waals surface area contributed by atoms with E-state index in [0.29, 0.717) is 12.5 Å². The van der Waals surface area contributed by atoms with E-state index in [1.807, 2.05) is 37.6 Å². The van der Waals surface area contributed by atoms with Crippen LogP contribution in [0.2, 0.25) is 0 Å². The Labute approximate surface area is 128 Å². The topological polar surface area (TPSA) is 45.2 Å². The highest BCUT2D eigenvalue weighted by Crippen LogP contribution is 2.40. The first kappa shape index (κ1) is 14.1. The molecule has 5 heteroatoms. The molecule has 110 valence electrons. The molecule has 0 unspecified atom stereocenters. The van der Waals surface area contributed by atoms with Gasteiger partial charge in [0.05, 0.1) is 17.2 Å². The number of hydrogen-bond acceptors (Lipinski definition) is 3. The molecule has 1 aliphatic carbocycles. The second kappa shape index (κ2) is 5.85. The molecular weight excluding hydrogens is 282 g/mol. The zero-order valence-electron chi connectivity index (χ0n) is 12.2. The summed E-state index contributed by atoms with van der Waals surface area (Å²) >= 11 is 1.61. The van der Waals surface area contributed by atoms with Gasteiger partial charge in [-0.3, -0.25) is 0 Å². The Kier molecular flexibility index (Phi) is 3.92. The van der Waals surface area contributed by atoms with E-state index in [1.165, 1.54) is 5.56 Å². The van der Waals surface area contributed by atoms with Crippen LogP contribution in [0.3, 0.4) is 0 Å². The van der Waals surface area contributed by atoms with Gasteiger partial charge in [-0.1, -0.05) is 30.3 Å². The number of carbonyl (C=O) groups excluding carboxylic acids is 1. The van der Waals surface area contributed by atoms with E-state index in [-0.39, 0.29) is 12.1 Å². The summed E-state index contributed by atoms with van der Waals surface area (Å²) < 4.78 is 0. The SMILES string of the molecule is Cc1nc(CN(C)C(=O)N[C@H]2C[C@@H]2c2ccccc2)cs1. The molecule has 0 saturated heterocycles. The summed E-state index contributed by atoms with van der Waals surface area (Å²) in [6.07, 6.45) is 1.03. The number of urea groups is 1.